The van der Waals surface area contributed by atoms with Crippen LogP contribution in [0.25, 0.3) is 0 Å². The van der Waals surface area contributed by atoms with Crippen LogP contribution in [0, 0.1) is 11.3 Å². The zero-order chi connectivity index (χ0) is 12.1. The number of rotatable bonds is 6. The topological polar surface area (TPSA) is 47.3 Å². The first-order chi connectivity index (χ1) is 7.60. The van der Waals surface area contributed by atoms with Crippen molar-refractivity contribution < 1.29 is 4.79 Å². The molecule has 1 atom stereocenters. The smallest absolute Gasteiger partial charge is 0.236 e. The van der Waals surface area contributed by atoms with E-state index in [0.717, 1.165) is 19.4 Å². The van der Waals surface area contributed by atoms with Crippen LogP contribution in [0.15, 0.2) is 0 Å². The van der Waals surface area contributed by atoms with E-state index in [2.05, 4.69) is 6.07 Å². The van der Waals surface area contributed by atoms with E-state index in [1.54, 1.807) is 0 Å². The summed E-state index contributed by atoms with van der Waals surface area (Å²) in [7, 11) is 1.90. The Kier molecular flexibility index (Phi) is 4.75. The van der Waals surface area contributed by atoms with Gasteiger partial charge in [-0.1, -0.05) is 0 Å². The van der Waals surface area contributed by atoms with Crippen molar-refractivity contribution in [3.05, 3.63) is 0 Å². The van der Waals surface area contributed by atoms with Gasteiger partial charge in [0.1, 0.15) is 0 Å². The predicted molar refractivity (Wildman–Crippen MR) is 62.7 cm³/mol. The van der Waals surface area contributed by atoms with Crippen molar-refractivity contribution in [2.75, 3.05) is 20.1 Å². The van der Waals surface area contributed by atoms with Gasteiger partial charge in [0.25, 0.3) is 0 Å². The Balaban J connectivity index is 2.40. The molecule has 4 nitrogen and oxygen atoms in total. The number of nitriles is 1. The summed E-state index contributed by atoms with van der Waals surface area (Å²) in [5.74, 6) is 0.192. The molecule has 1 saturated carbocycles. The third-order valence-electron chi connectivity index (χ3n) is 3.17. The summed E-state index contributed by atoms with van der Waals surface area (Å²) in [4.78, 5) is 15.9. The number of amides is 1. The molecule has 0 saturated heterocycles. The number of hydrogen-bond donors (Lipinski definition) is 0. The van der Waals surface area contributed by atoms with Crippen molar-refractivity contribution in [1.29, 1.82) is 5.26 Å². The molecule has 0 aliphatic heterocycles. The molecule has 0 bridgehead atoms. The summed E-state index contributed by atoms with van der Waals surface area (Å²) in [6.07, 6.45) is 2.77. The highest BCUT2D eigenvalue weighted by Crippen LogP contribution is 2.26. The van der Waals surface area contributed by atoms with Gasteiger partial charge in [-0.15, -0.1) is 0 Å². The van der Waals surface area contributed by atoms with Gasteiger partial charge in [-0.3, -0.25) is 9.69 Å². The van der Waals surface area contributed by atoms with Gasteiger partial charge in [0.15, 0.2) is 0 Å². The molecule has 90 valence electrons. The Morgan fingerprint density at radius 3 is 2.62 bits per heavy atom. The highest BCUT2D eigenvalue weighted by Gasteiger charge is 2.31. The molecule has 0 radical (unpaired) electrons. The van der Waals surface area contributed by atoms with Crippen molar-refractivity contribution >= 4 is 5.91 Å². The third kappa shape index (κ3) is 3.49. The van der Waals surface area contributed by atoms with Crippen molar-refractivity contribution in [2.45, 2.75) is 45.2 Å². The molecule has 0 aromatic rings. The van der Waals surface area contributed by atoms with Crippen LogP contribution in [0.4, 0.5) is 0 Å². The zero-order valence-electron chi connectivity index (χ0n) is 10.4. The first-order valence-electron chi connectivity index (χ1n) is 5.96. The van der Waals surface area contributed by atoms with Crippen LogP contribution >= 0.6 is 0 Å². The molecule has 0 N–H and O–H groups in total. The maximum atomic E-state index is 12.0. The number of hydrogen-bond acceptors (Lipinski definition) is 3. The van der Waals surface area contributed by atoms with Crippen LogP contribution in [0.5, 0.6) is 0 Å². The normalized spacial score (nSPS) is 16.9. The first-order valence-corrected chi connectivity index (χ1v) is 5.96. The SMILES string of the molecule is CCN(C(=O)CN(C)C(C)CC#N)C1CC1. The quantitative estimate of drug-likeness (QED) is 0.680. The van der Waals surface area contributed by atoms with Crippen molar-refractivity contribution in [1.82, 2.24) is 9.80 Å². The van der Waals surface area contributed by atoms with Crippen LogP contribution in [0.3, 0.4) is 0 Å². The second-order valence-electron chi connectivity index (χ2n) is 4.54. The molecule has 0 heterocycles. The zero-order valence-corrected chi connectivity index (χ0v) is 10.4. The lowest BCUT2D eigenvalue weighted by molar-refractivity contribution is -0.132. The minimum Gasteiger partial charge on any atom is -0.339 e. The van der Waals surface area contributed by atoms with E-state index in [0.29, 0.717) is 19.0 Å². The molecule has 4 heteroatoms. The van der Waals surface area contributed by atoms with Crippen LogP contribution in [-0.2, 0) is 4.79 Å². The summed E-state index contributed by atoms with van der Waals surface area (Å²) in [6, 6.07) is 2.76. The largest absolute Gasteiger partial charge is 0.339 e. The second kappa shape index (κ2) is 5.86. The van der Waals surface area contributed by atoms with Gasteiger partial charge >= 0.3 is 0 Å². The van der Waals surface area contributed by atoms with Crippen LogP contribution in [0.2, 0.25) is 0 Å². The summed E-state index contributed by atoms with van der Waals surface area (Å²) < 4.78 is 0. The van der Waals surface area contributed by atoms with Gasteiger partial charge in [-0.2, -0.15) is 5.26 Å². The van der Waals surface area contributed by atoms with E-state index >= 15 is 0 Å². The fourth-order valence-corrected chi connectivity index (χ4v) is 1.77. The molecule has 1 amide bonds. The Morgan fingerprint density at radius 2 is 2.19 bits per heavy atom. The van der Waals surface area contributed by atoms with Crippen LogP contribution in [-0.4, -0.2) is 47.9 Å². The highest BCUT2D eigenvalue weighted by molar-refractivity contribution is 5.78. The Bertz CT molecular complexity index is 280. The Morgan fingerprint density at radius 1 is 1.56 bits per heavy atom. The fourth-order valence-electron chi connectivity index (χ4n) is 1.77. The molecule has 16 heavy (non-hydrogen) atoms. The number of likely N-dealkylation sites (N-methyl/N-ethyl adjacent to an activating group) is 2. The summed E-state index contributed by atoms with van der Waals surface area (Å²) in [5.41, 5.74) is 0. The highest BCUT2D eigenvalue weighted by atomic mass is 16.2. The van der Waals surface area contributed by atoms with E-state index in [9.17, 15) is 4.79 Å². The van der Waals surface area contributed by atoms with Gasteiger partial charge in [0.2, 0.25) is 5.91 Å². The molecule has 1 unspecified atom stereocenters. The molecule has 0 aromatic heterocycles. The van der Waals surface area contributed by atoms with E-state index in [1.807, 2.05) is 30.7 Å². The number of carbonyl (C=O) groups is 1. The maximum Gasteiger partial charge on any atom is 0.236 e. The Hall–Kier alpha value is -1.08. The lowest BCUT2D eigenvalue weighted by atomic mass is 10.2. The molecule has 0 aromatic carbocycles. The number of carbonyl (C=O) groups excluding carboxylic acids is 1. The molecule has 1 aliphatic carbocycles. The average molecular weight is 223 g/mol. The summed E-state index contributed by atoms with van der Waals surface area (Å²) in [6.45, 7) is 5.22. The van der Waals surface area contributed by atoms with Crippen LogP contribution < -0.4 is 0 Å². The second-order valence-corrected chi connectivity index (χ2v) is 4.54. The average Bonchev–Trinajstić information content (AvgIpc) is 3.03. The lowest BCUT2D eigenvalue weighted by Crippen LogP contribution is -2.42. The van der Waals surface area contributed by atoms with Gasteiger partial charge in [0, 0.05) is 18.6 Å². The van der Waals surface area contributed by atoms with E-state index in [-0.39, 0.29) is 11.9 Å². The fraction of sp³-hybridized carbons (Fsp3) is 0.833. The van der Waals surface area contributed by atoms with Gasteiger partial charge in [0.05, 0.1) is 19.0 Å². The molecule has 1 aliphatic rings. The third-order valence-corrected chi connectivity index (χ3v) is 3.17. The van der Waals surface area contributed by atoms with Crippen molar-refractivity contribution in [2.24, 2.45) is 0 Å². The number of nitrogens with zero attached hydrogens (tertiary/aromatic N) is 3. The molecule has 1 rings (SSSR count). The molecular formula is C12H21N3O. The molecule has 0 spiro atoms. The minimum atomic E-state index is 0.145. The van der Waals surface area contributed by atoms with E-state index in [1.165, 1.54) is 0 Å². The standard InChI is InChI=1S/C12H21N3O/c1-4-15(11-5-6-11)12(16)9-14(3)10(2)7-8-13/h10-11H,4-7,9H2,1-3H3. The summed E-state index contributed by atoms with van der Waals surface area (Å²) >= 11 is 0. The maximum absolute atomic E-state index is 12.0. The monoisotopic (exact) mass is 223 g/mol. The Labute approximate surface area is 97.8 Å². The minimum absolute atomic E-state index is 0.145. The molecule has 1 fully saturated rings. The van der Waals surface area contributed by atoms with Crippen molar-refractivity contribution in [3.8, 4) is 6.07 Å². The van der Waals surface area contributed by atoms with Gasteiger partial charge in [-0.05, 0) is 33.7 Å². The van der Waals surface area contributed by atoms with Gasteiger partial charge < -0.3 is 4.90 Å². The van der Waals surface area contributed by atoms with E-state index in [4.69, 9.17) is 5.26 Å². The summed E-state index contributed by atoms with van der Waals surface area (Å²) in [5, 5.41) is 8.60. The van der Waals surface area contributed by atoms with Gasteiger partial charge in [-0.25, -0.2) is 0 Å². The van der Waals surface area contributed by atoms with E-state index < -0.39 is 0 Å². The first kappa shape index (κ1) is 13.0. The lowest BCUT2D eigenvalue weighted by Gasteiger charge is -2.26. The molecular weight excluding hydrogens is 202 g/mol. The predicted octanol–water partition coefficient (Wildman–Crippen LogP) is 1.23. The van der Waals surface area contributed by atoms with Crippen molar-refractivity contribution in [3.63, 3.8) is 0 Å². The van der Waals surface area contributed by atoms with Crippen LogP contribution in [0.1, 0.15) is 33.1 Å².